The summed E-state index contributed by atoms with van der Waals surface area (Å²) in [5.74, 6) is 0.565. The Bertz CT molecular complexity index is 650. The van der Waals surface area contributed by atoms with E-state index in [0.717, 1.165) is 16.5 Å². The number of ether oxygens (including phenoxy) is 1. The van der Waals surface area contributed by atoms with Gasteiger partial charge in [-0.2, -0.15) is 4.98 Å². The second-order valence-corrected chi connectivity index (χ2v) is 6.71. The Labute approximate surface area is 137 Å². The van der Waals surface area contributed by atoms with Crippen molar-refractivity contribution in [3.8, 4) is 0 Å². The summed E-state index contributed by atoms with van der Waals surface area (Å²) >= 11 is 3.39. The van der Waals surface area contributed by atoms with E-state index in [2.05, 4.69) is 36.6 Å². The molecular formula is C14H20BrN5O2. The molecule has 0 unspecified atom stereocenters. The lowest BCUT2D eigenvalue weighted by molar-refractivity contribution is 0.0528. The van der Waals surface area contributed by atoms with E-state index in [-0.39, 0.29) is 0 Å². The zero-order chi connectivity index (χ0) is 16.2. The van der Waals surface area contributed by atoms with Crippen molar-refractivity contribution in [1.82, 2.24) is 19.9 Å². The topological polar surface area (TPSA) is 80.5 Å². The van der Waals surface area contributed by atoms with Gasteiger partial charge in [0.2, 0.25) is 5.95 Å². The van der Waals surface area contributed by atoms with Gasteiger partial charge >= 0.3 is 6.09 Å². The largest absolute Gasteiger partial charge is 0.444 e. The number of pyridine rings is 1. The van der Waals surface area contributed by atoms with Gasteiger partial charge in [-0.3, -0.25) is 0 Å². The van der Waals surface area contributed by atoms with Gasteiger partial charge in [-0.1, -0.05) is 0 Å². The molecule has 0 aliphatic carbocycles. The number of carbonyl (C=O) groups excluding carboxylic acids is 1. The Hall–Kier alpha value is -1.83. The minimum absolute atomic E-state index is 0.400. The van der Waals surface area contributed by atoms with E-state index in [9.17, 15) is 4.79 Å². The zero-order valence-corrected chi connectivity index (χ0v) is 14.5. The van der Waals surface area contributed by atoms with Gasteiger partial charge in [0.1, 0.15) is 5.60 Å². The minimum Gasteiger partial charge on any atom is -0.444 e. The van der Waals surface area contributed by atoms with Crippen LogP contribution < -0.4 is 10.6 Å². The number of rotatable bonds is 5. The quantitative estimate of drug-likeness (QED) is 0.792. The molecule has 0 spiro atoms. The van der Waals surface area contributed by atoms with Crippen LogP contribution in [0.25, 0.3) is 5.65 Å². The lowest BCUT2D eigenvalue weighted by Gasteiger charge is -2.19. The SMILES string of the molecule is CC(C)(C)OC(=O)NCCCNc1nc2ccc(Br)cn2n1. The molecule has 0 aliphatic heterocycles. The smallest absolute Gasteiger partial charge is 0.407 e. The Morgan fingerprint density at radius 1 is 1.36 bits per heavy atom. The highest BCUT2D eigenvalue weighted by Crippen LogP contribution is 2.12. The van der Waals surface area contributed by atoms with Crippen molar-refractivity contribution in [3.63, 3.8) is 0 Å². The highest BCUT2D eigenvalue weighted by molar-refractivity contribution is 9.10. The molecule has 1 amide bonds. The Morgan fingerprint density at radius 3 is 2.86 bits per heavy atom. The molecule has 120 valence electrons. The van der Waals surface area contributed by atoms with Crippen LogP contribution in [0.3, 0.4) is 0 Å². The minimum atomic E-state index is -0.475. The highest BCUT2D eigenvalue weighted by atomic mass is 79.9. The number of amides is 1. The van der Waals surface area contributed by atoms with Crippen LogP contribution in [0.15, 0.2) is 22.8 Å². The van der Waals surface area contributed by atoms with Gasteiger partial charge in [0.25, 0.3) is 0 Å². The summed E-state index contributed by atoms with van der Waals surface area (Å²) in [5.41, 5.74) is 0.300. The van der Waals surface area contributed by atoms with Gasteiger partial charge in [-0.15, -0.1) is 5.10 Å². The molecule has 0 radical (unpaired) electrons. The molecule has 8 heteroatoms. The van der Waals surface area contributed by atoms with Gasteiger partial charge in [0.05, 0.1) is 0 Å². The first-order chi connectivity index (χ1) is 10.3. The Balaban J connectivity index is 1.71. The number of nitrogens with zero attached hydrogens (tertiary/aromatic N) is 3. The van der Waals surface area contributed by atoms with Crippen LogP contribution in [0.1, 0.15) is 27.2 Å². The number of hydrogen-bond donors (Lipinski definition) is 2. The summed E-state index contributed by atoms with van der Waals surface area (Å²) in [6.45, 7) is 6.69. The maximum atomic E-state index is 11.5. The first-order valence-electron chi connectivity index (χ1n) is 7.06. The number of alkyl carbamates (subject to hydrolysis) is 1. The maximum Gasteiger partial charge on any atom is 0.407 e. The fourth-order valence-electron chi connectivity index (χ4n) is 1.73. The van der Waals surface area contributed by atoms with Gasteiger partial charge in [0.15, 0.2) is 5.65 Å². The van der Waals surface area contributed by atoms with Crippen LogP contribution in [-0.2, 0) is 4.74 Å². The molecule has 0 bridgehead atoms. The Morgan fingerprint density at radius 2 is 2.14 bits per heavy atom. The van der Waals surface area contributed by atoms with Crippen LogP contribution in [-0.4, -0.2) is 39.4 Å². The summed E-state index contributed by atoms with van der Waals surface area (Å²) < 4.78 is 7.79. The van der Waals surface area contributed by atoms with Gasteiger partial charge < -0.3 is 15.4 Å². The van der Waals surface area contributed by atoms with Crippen molar-refractivity contribution in [2.75, 3.05) is 18.4 Å². The third-order valence-electron chi connectivity index (χ3n) is 2.60. The standard InChI is InChI=1S/C14H20BrN5O2/c1-14(2,3)22-13(21)17-8-4-7-16-12-18-11-6-5-10(15)9-20(11)19-12/h5-6,9H,4,7-8H2,1-3H3,(H,16,19)(H,17,21). The summed E-state index contributed by atoms with van der Waals surface area (Å²) in [6, 6.07) is 3.80. The van der Waals surface area contributed by atoms with Crippen molar-refractivity contribution in [3.05, 3.63) is 22.8 Å². The fourth-order valence-corrected chi connectivity index (χ4v) is 2.05. The molecule has 0 fully saturated rings. The van der Waals surface area contributed by atoms with Crippen molar-refractivity contribution in [1.29, 1.82) is 0 Å². The monoisotopic (exact) mass is 369 g/mol. The number of hydrogen-bond acceptors (Lipinski definition) is 5. The molecule has 22 heavy (non-hydrogen) atoms. The van der Waals surface area contributed by atoms with E-state index in [1.165, 1.54) is 0 Å². The Kier molecular flexibility index (Phi) is 5.23. The van der Waals surface area contributed by atoms with Crippen molar-refractivity contribution in [2.24, 2.45) is 0 Å². The van der Waals surface area contributed by atoms with Gasteiger partial charge in [0, 0.05) is 23.8 Å². The van der Waals surface area contributed by atoms with Crippen LogP contribution >= 0.6 is 15.9 Å². The van der Waals surface area contributed by atoms with E-state index in [0.29, 0.717) is 19.0 Å². The fraction of sp³-hybridized carbons (Fsp3) is 0.500. The lowest BCUT2D eigenvalue weighted by atomic mass is 10.2. The third-order valence-corrected chi connectivity index (χ3v) is 3.07. The summed E-state index contributed by atoms with van der Waals surface area (Å²) in [4.78, 5) is 15.8. The van der Waals surface area contributed by atoms with Crippen LogP contribution in [0, 0.1) is 0 Å². The predicted octanol–water partition coefficient (Wildman–Crippen LogP) is 2.82. The molecule has 0 atom stereocenters. The molecule has 2 heterocycles. The molecule has 2 aromatic heterocycles. The van der Waals surface area contributed by atoms with E-state index in [1.807, 2.05) is 39.1 Å². The second kappa shape index (κ2) is 6.95. The van der Waals surface area contributed by atoms with Gasteiger partial charge in [-0.05, 0) is 55.3 Å². The average Bonchev–Trinajstić information content (AvgIpc) is 2.78. The normalized spacial score (nSPS) is 11.5. The molecule has 0 saturated carbocycles. The summed E-state index contributed by atoms with van der Waals surface area (Å²) in [5, 5.41) is 10.1. The summed E-state index contributed by atoms with van der Waals surface area (Å²) in [6.07, 6.45) is 2.19. The molecule has 2 rings (SSSR count). The van der Waals surface area contributed by atoms with E-state index >= 15 is 0 Å². The highest BCUT2D eigenvalue weighted by Gasteiger charge is 2.15. The number of carbonyl (C=O) groups is 1. The first-order valence-corrected chi connectivity index (χ1v) is 7.85. The number of anilines is 1. The lowest BCUT2D eigenvalue weighted by Crippen LogP contribution is -2.33. The van der Waals surface area contributed by atoms with Crippen molar-refractivity contribution in [2.45, 2.75) is 32.8 Å². The summed E-state index contributed by atoms with van der Waals surface area (Å²) in [7, 11) is 0. The van der Waals surface area contributed by atoms with Crippen LogP contribution in [0.4, 0.5) is 10.7 Å². The zero-order valence-electron chi connectivity index (χ0n) is 12.9. The molecule has 0 saturated heterocycles. The predicted molar refractivity (Wildman–Crippen MR) is 88.0 cm³/mol. The van der Waals surface area contributed by atoms with E-state index in [4.69, 9.17) is 4.74 Å². The molecule has 0 aromatic carbocycles. The van der Waals surface area contributed by atoms with Crippen LogP contribution in [0.2, 0.25) is 0 Å². The third kappa shape index (κ3) is 5.18. The number of halogens is 1. The first kappa shape index (κ1) is 16.5. The van der Waals surface area contributed by atoms with Crippen molar-refractivity contribution >= 4 is 33.6 Å². The van der Waals surface area contributed by atoms with Crippen LogP contribution in [0.5, 0.6) is 0 Å². The number of fused-ring (bicyclic) bond motifs is 1. The van der Waals surface area contributed by atoms with Gasteiger partial charge in [-0.25, -0.2) is 9.31 Å². The molecule has 2 aromatic rings. The molecular weight excluding hydrogens is 350 g/mol. The molecule has 0 aliphatic rings. The van der Waals surface area contributed by atoms with E-state index in [1.54, 1.807) is 4.52 Å². The number of aromatic nitrogens is 3. The average molecular weight is 370 g/mol. The molecule has 7 nitrogen and oxygen atoms in total. The van der Waals surface area contributed by atoms with Crippen molar-refractivity contribution < 1.29 is 9.53 Å². The number of nitrogens with one attached hydrogen (secondary N) is 2. The maximum absolute atomic E-state index is 11.5. The second-order valence-electron chi connectivity index (χ2n) is 5.79. The van der Waals surface area contributed by atoms with E-state index < -0.39 is 11.7 Å². The molecule has 2 N–H and O–H groups in total.